The second-order valence-corrected chi connectivity index (χ2v) is 13.4. The molecule has 0 bridgehead atoms. The highest BCUT2D eigenvalue weighted by Crippen LogP contribution is 2.26. The van der Waals surface area contributed by atoms with Gasteiger partial charge in [0.1, 0.15) is 12.6 Å². The first kappa shape index (κ1) is 31.6. The Bertz CT molecular complexity index is 1470. The van der Waals surface area contributed by atoms with Crippen LogP contribution in [-0.2, 0) is 26.2 Å². The fourth-order valence-electron chi connectivity index (χ4n) is 5.40. The Balaban J connectivity index is 1.70. The standard InChI is InChI=1S/C33H40ClN3O4S/c1-4-31(33(39)35-28-10-6-5-7-11-28)36(22-26-15-17-27(34)18-16-26)32(38)23-37(29-12-8-9-25(3)21-29)42(40,41)30-19-13-24(2)14-20-30/h8-9,12-21,28,31H,4-7,10-11,22-23H2,1-3H3,(H,35,39). The lowest BCUT2D eigenvalue weighted by Crippen LogP contribution is -2.54. The van der Waals surface area contributed by atoms with Gasteiger partial charge >= 0.3 is 0 Å². The van der Waals surface area contributed by atoms with Crippen LogP contribution in [0.3, 0.4) is 0 Å². The van der Waals surface area contributed by atoms with Crippen molar-refractivity contribution in [2.45, 2.75) is 82.8 Å². The first-order chi connectivity index (χ1) is 20.1. The van der Waals surface area contributed by atoms with Crippen LogP contribution in [0.2, 0.25) is 5.02 Å². The molecular weight excluding hydrogens is 570 g/mol. The van der Waals surface area contributed by atoms with Crippen LogP contribution in [0.25, 0.3) is 0 Å². The minimum Gasteiger partial charge on any atom is -0.352 e. The van der Waals surface area contributed by atoms with E-state index in [0.29, 0.717) is 17.1 Å². The summed E-state index contributed by atoms with van der Waals surface area (Å²) in [7, 11) is -4.10. The van der Waals surface area contributed by atoms with Crippen molar-refractivity contribution in [1.29, 1.82) is 0 Å². The number of hydrogen-bond acceptors (Lipinski definition) is 4. The molecule has 7 nitrogen and oxygen atoms in total. The van der Waals surface area contributed by atoms with E-state index in [1.54, 1.807) is 54.6 Å². The van der Waals surface area contributed by atoms with Gasteiger partial charge in [-0.15, -0.1) is 0 Å². The van der Waals surface area contributed by atoms with Crippen molar-refractivity contribution in [3.63, 3.8) is 0 Å². The van der Waals surface area contributed by atoms with Crippen molar-refractivity contribution in [3.05, 3.63) is 94.5 Å². The van der Waals surface area contributed by atoms with Crippen molar-refractivity contribution in [2.75, 3.05) is 10.8 Å². The number of carbonyl (C=O) groups is 2. The predicted octanol–water partition coefficient (Wildman–Crippen LogP) is 6.41. The SMILES string of the molecule is CCC(C(=O)NC1CCCCC1)N(Cc1ccc(Cl)cc1)C(=O)CN(c1cccc(C)c1)S(=O)(=O)c1ccc(C)cc1. The molecule has 4 rings (SSSR count). The molecule has 0 aromatic heterocycles. The number of benzene rings is 3. The Labute approximate surface area is 254 Å². The molecule has 1 N–H and O–H groups in total. The molecular formula is C33H40ClN3O4S. The number of halogens is 1. The summed E-state index contributed by atoms with van der Waals surface area (Å²) in [4.78, 5) is 29.5. The maximum atomic E-state index is 14.2. The summed E-state index contributed by atoms with van der Waals surface area (Å²) in [6, 6.07) is 20.1. The summed E-state index contributed by atoms with van der Waals surface area (Å²) in [5, 5.41) is 3.73. The van der Waals surface area contributed by atoms with Gasteiger partial charge in [0.05, 0.1) is 10.6 Å². The average molecular weight is 610 g/mol. The van der Waals surface area contributed by atoms with E-state index in [0.717, 1.165) is 53.1 Å². The minimum atomic E-state index is -4.10. The quantitative estimate of drug-likeness (QED) is 0.272. The van der Waals surface area contributed by atoms with E-state index in [4.69, 9.17) is 11.6 Å². The van der Waals surface area contributed by atoms with Crippen molar-refractivity contribution in [3.8, 4) is 0 Å². The average Bonchev–Trinajstić information content (AvgIpc) is 2.97. The highest BCUT2D eigenvalue weighted by atomic mass is 35.5. The molecule has 0 spiro atoms. The second-order valence-electron chi connectivity index (χ2n) is 11.1. The first-order valence-corrected chi connectivity index (χ1v) is 16.4. The molecule has 0 saturated heterocycles. The van der Waals surface area contributed by atoms with E-state index in [1.807, 2.05) is 39.0 Å². The summed E-state index contributed by atoms with van der Waals surface area (Å²) >= 11 is 6.11. The third kappa shape index (κ3) is 7.92. The van der Waals surface area contributed by atoms with Crippen LogP contribution in [0.1, 0.15) is 62.1 Å². The molecule has 9 heteroatoms. The molecule has 42 heavy (non-hydrogen) atoms. The van der Waals surface area contributed by atoms with Gasteiger partial charge in [-0.25, -0.2) is 8.42 Å². The molecule has 3 aromatic carbocycles. The fourth-order valence-corrected chi connectivity index (χ4v) is 6.93. The van der Waals surface area contributed by atoms with Gasteiger partial charge in [0.2, 0.25) is 11.8 Å². The first-order valence-electron chi connectivity index (χ1n) is 14.6. The number of carbonyl (C=O) groups excluding carboxylic acids is 2. The Morgan fingerprint density at radius 2 is 1.60 bits per heavy atom. The van der Waals surface area contributed by atoms with Gasteiger partial charge in [-0.2, -0.15) is 0 Å². The zero-order valence-electron chi connectivity index (χ0n) is 24.6. The Morgan fingerprint density at radius 1 is 0.929 bits per heavy atom. The summed E-state index contributed by atoms with van der Waals surface area (Å²) in [5.41, 5.74) is 2.96. The van der Waals surface area contributed by atoms with Gasteiger partial charge in [-0.3, -0.25) is 13.9 Å². The van der Waals surface area contributed by atoms with Gasteiger partial charge in [-0.1, -0.05) is 79.7 Å². The van der Waals surface area contributed by atoms with Crippen LogP contribution in [0.15, 0.2) is 77.7 Å². The lowest BCUT2D eigenvalue weighted by Gasteiger charge is -2.34. The van der Waals surface area contributed by atoms with Crippen LogP contribution < -0.4 is 9.62 Å². The minimum absolute atomic E-state index is 0.0819. The molecule has 1 aliphatic carbocycles. The van der Waals surface area contributed by atoms with Gasteiger partial charge in [0.25, 0.3) is 10.0 Å². The molecule has 2 amide bonds. The van der Waals surface area contributed by atoms with E-state index in [9.17, 15) is 18.0 Å². The number of sulfonamides is 1. The van der Waals surface area contributed by atoms with Gasteiger partial charge < -0.3 is 10.2 Å². The summed E-state index contributed by atoms with van der Waals surface area (Å²) in [5.74, 6) is -0.678. The maximum absolute atomic E-state index is 14.2. The molecule has 1 unspecified atom stereocenters. The third-order valence-electron chi connectivity index (χ3n) is 7.78. The normalized spacial score (nSPS) is 14.7. The predicted molar refractivity (Wildman–Crippen MR) is 168 cm³/mol. The van der Waals surface area contributed by atoms with Crippen molar-refractivity contribution in [1.82, 2.24) is 10.2 Å². The van der Waals surface area contributed by atoms with Crippen LogP contribution in [0, 0.1) is 13.8 Å². The molecule has 1 fully saturated rings. The molecule has 0 radical (unpaired) electrons. The Morgan fingerprint density at radius 3 is 2.21 bits per heavy atom. The van der Waals surface area contributed by atoms with E-state index in [2.05, 4.69) is 5.32 Å². The number of anilines is 1. The van der Waals surface area contributed by atoms with Crippen molar-refractivity contribution >= 4 is 39.1 Å². The van der Waals surface area contributed by atoms with Gasteiger partial charge in [0, 0.05) is 17.6 Å². The Hall–Kier alpha value is -3.36. The van der Waals surface area contributed by atoms with Crippen molar-refractivity contribution in [2.24, 2.45) is 0 Å². The lowest BCUT2D eigenvalue weighted by atomic mass is 9.95. The fraction of sp³-hybridized carbons (Fsp3) is 0.394. The summed E-state index contributed by atoms with van der Waals surface area (Å²) < 4.78 is 29.2. The van der Waals surface area contributed by atoms with E-state index in [1.165, 1.54) is 4.90 Å². The van der Waals surface area contributed by atoms with Crippen LogP contribution >= 0.6 is 11.6 Å². The van der Waals surface area contributed by atoms with Gasteiger partial charge in [-0.05, 0) is 80.6 Å². The highest BCUT2D eigenvalue weighted by Gasteiger charge is 2.34. The number of amides is 2. The van der Waals surface area contributed by atoms with E-state index >= 15 is 0 Å². The molecule has 0 aliphatic heterocycles. The molecule has 0 heterocycles. The smallest absolute Gasteiger partial charge is 0.264 e. The Kier molecular flexibility index (Phi) is 10.7. The number of aryl methyl sites for hydroxylation is 2. The van der Waals surface area contributed by atoms with Crippen LogP contribution in [0.5, 0.6) is 0 Å². The van der Waals surface area contributed by atoms with Crippen LogP contribution in [-0.4, -0.2) is 43.8 Å². The largest absolute Gasteiger partial charge is 0.352 e. The van der Waals surface area contributed by atoms with E-state index < -0.39 is 28.5 Å². The zero-order valence-corrected chi connectivity index (χ0v) is 26.1. The molecule has 224 valence electrons. The van der Waals surface area contributed by atoms with E-state index in [-0.39, 0.29) is 23.4 Å². The number of rotatable bonds is 11. The number of nitrogens with one attached hydrogen (secondary N) is 1. The molecule has 1 aliphatic rings. The monoisotopic (exact) mass is 609 g/mol. The summed E-state index contributed by atoms with van der Waals surface area (Å²) in [6.45, 7) is 5.31. The third-order valence-corrected chi connectivity index (χ3v) is 9.82. The number of nitrogens with zero attached hydrogens (tertiary/aromatic N) is 2. The number of hydrogen-bond donors (Lipinski definition) is 1. The van der Waals surface area contributed by atoms with Gasteiger partial charge in [0.15, 0.2) is 0 Å². The van der Waals surface area contributed by atoms with Crippen molar-refractivity contribution < 1.29 is 18.0 Å². The molecule has 3 aromatic rings. The topological polar surface area (TPSA) is 86.8 Å². The highest BCUT2D eigenvalue weighted by molar-refractivity contribution is 7.92. The maximum Gasteiger partial charge on any atom is 0.264 e. The van der Waals surface area contributed by atoms with Crippen LogP contribution in [0.4, 0.5) is 5.69 Å². The molecule has 1 saturated carbocycles. The molecule has 1 atom stereocenters. The second kappa shape index (κ2) is 14.2. The summed E-state index contributed by atoms with van der Waals surface area (Å²) in [6.07, 6.45) is 5.52. The lowest BCUT2D eigenvalue weighted by molar-refractivity contribution is -0.140. The zero-order chi connectivity index (χ0) is 30.3.